The Kier molecular flexibility index (Phi) is 8.86. The van der Waals surface area contributed by atoms with E-state index >= 15 is 0 Å². The van der Waals surface area contributed by atoms with E-state index < -0.39 is 5.91 Å². The number of pyridine rings is 1. The van der Waals surface area contributed by atoms with E-state index in [-0.39, 0.29) is 42.8 Å². The second-order valence-electron chi connectivity index (χ2n) is 9.64. The van der Waals surface area contributed by atoms with E-state index in [4.69, 9.17) is 17.3 Å². The molecule has 5 nitrogen and oxygen atoms in total. The van der Waals surface area contributed by atoms with Crippen LogP contribution >= 0.6 is 36.4 Å². The predicted octanol–water partition coefficient (Wildman–Crippen LogP) is 4.20. The van der Waals surface area contributed by atoms with Crippen molar-refractivity contribution in [3.8, 4) is 0 Å². The van der Waals surface area contributed by atoms with Crippen molar-refractivity contribution < 1.29 is 9.90 Å². The number of aliphatic hydroxyl groups excluding tert-OH is 1. The number of nitrogens with two attached hydrogens (primary N) is 1. The lowest BCUT2D eigenvalue weighted by atomic mass is 9.49. The Balaban J connectivity index is 0.00000160. The first-order valence-corrected chi connectivity index (χ1v) is 11.1. The number of alkyl halides is 1. The number of hydrogen-bond donors (Lipinski definition) is 2. The van der Waals surface area contributed by atoms with Gasteiger partial charge in [-0.1, -0.05) is 0 Å². The molecule has 2 atom stereocenters. The van der Waals surface area contributed by atoms with Crippen molar-refractivity contribution in [3.05, 3.63) is 29.6 Å². The van der Waals surface area contributed by atoms with Gasteiger partial charge in [0.05, 0.1) is 17.7 Å². The molecule has 0 radical (unpaired) electrons. The maximum absolute atomic E-state index is 11.6. The highest BCUT2D eigenvalue weighted by atomic mass is 35.5. The molecule has 30 heavy (non-hydrogen) atoms. The summed E-state index contributed by atoms with van der Waals surface area (Å²) in [6, 6.07) is 3.46. The van der Waals surface area contributed by atoms with Crippen molar-refractivity contribution in [2.75, 3.05) is 19.7 Å². The topological polar surface area (TPSA) is 79.5 Å². The number of amides is 1. The maximum Gasteiger partial charge on any atom is 0.248 e. The van der Waals surface area contributed by atoms with E-state index in [9.17, 15) is 9.90 Å². The molecule has 8 heteroatoms. The molecule has 5 rings (SSSR count). The minimum atomic E-state index is -0.436. The molecule has 0 saturated heterocycles. The molecule has 0 aromatic carbocycles. The summed E-state index contributed by atoms with van der Waals surface area (Å²) >= 11 is 6.37. The standard InChI is InChI=1S/C22H32ClN3O2.2ClH/c1-14(20-7-18(21(24)28)2-3-25-20)26(11-19(23)12-27)13-22-8-15-4-16(9-22)6-17(5-15)10-22;;/h2-3,7,14-17,19,27H,4-6,8-13H2,1H3,(H2,24,28);2*1H. The van der Waals surface area contributed by atoms with Crippen LogP contribution in [0.15, 0.2) is 18.3 Å². The average molecular weight is 479 g/mol. The third-order valence-electron chi connectivity index (χ3n) is 7.38. The number of aliphatic hydroxyl groups is 1. The summed E-state index contributed by atoms with van der Waals surface area (Å²) in [6.45, 7) is 3.68. The van der Waals surface area contributed by atoms with E-state index in [1.807, 2.05) is 0 Å². The van der Waals surface area contributed by atoms with Gasteiger partial charge in [-0.15, -0.1) is 36.4 Å². The summed E-state index contributed by atoms with van der Waals surface area (Å²) in [7, 11) is 0. The van der Waals surface area contributed by atoms with Gasteiger partial charge >= 0.3 is 0 Å². The first-order valence-electron chi connectivity index (χ1n) is 10.6. The normalized spacial score (nSPS) is 31.0. The van der Waals surface area contributed by atoms with Gasteiger partial charge in [0.2, 0.25) is 5.91 Å². The molecule has 1 aromatic rings. The summed E-state index contributed by atoms with van der Waals surface area (Å²) in [6.07, 6.45) is 9.89. The quantitative estimate of drug-likeness (QED) is 0.549. The minimum Gasteiger partial charge on any atom is -0.395 e. The molecule has 0 spiro atoms. The molecule has 4 aliphatic rings. The van der Waals surface area contributed by atoms with Crippen LogP contribution < -0.4 is 5.73 Å². The number of primary amides is 1. The molecule has 170 valence electrons. The second kappa shape index (κ2) is 10.4. The Morgan fingerprint density at radius 3 is 2.33 bits per heavy atom. The molecule has 1 amide bonds. The summed E-state index contributed by atoms with van der Waals surface area (Å²) in [5, 5.41) is 9.24. The number of carbonyl (C=O) groups is 1. The Hall–Kier alpha value is -0.590. The summed E-state index contributed by atoms with van der Waals surface area (Å²) in [4.78, 5) is 18.5. The molecule has 1 aromatic heterocycles. The van der Waals surface area contributed by atoms with E-state index in [2.05, 4.69) is 16.8 Å². The molecule has 2 unspecified atom stereocenters. The monoisotopic (exact) mass is 477 g/mol. The molecular weight excluding hydrogens is 445 g/mol. The van der Waals surface area contributed by atoms with Crippen LogP contribution in [0.3, 0.4) is 0 Å². The average Bonchev–Trinajstić information content (AvgIpc) is 2.65. The smallest absolute Gasteiger partial charge is 0.248 e. The van der Waals surface area contributed by atoms with Crippen LogP contribution in [0.25, 0.3) is 0 Å². The Morgan fingerprint density at radius 1 is 1.27 bits per heavy atom. The highest BCUT2D eigenvalue weighted by Crippen LogP contribution is 2.60. The second-order valence-corrected chi connectivity index (χ2v) is 10.3. The van der Waals surface area contributed by atoms with Crippen molar-refractivity contribution in [2.24, 2.45) is 28.9 Å². The van der Waals surface area contributed by atoms with Crippen LogP contribution in [0, 0.1) is 23.2 Å². The number of aromatic nitrogens is 1. The van der Waals surface area contributed by atoms with Gasteiger partial charge in [-0.05, 0) is 80.8 Å². The van der Waals surface area contributed by atoms with Gasteiger partial charge in [0.1, 0.15) is 0 Å². The summed E-state index contributed by atoms with van der Waals surface area (Å²) < 4.78 is 0. The highest BCUT2D eigenvalue weighted by Gasteiger charge is 2.51. The van der Waals surface area contributed by atoms with Gasteiger partial charge in [-0.2, -0.15) is 0 Å². The molecule has 4 fully saturated rings. The third-order valence-corrected chi connectivity index (χ3v) is 7.65. The lowest BCUT2D eigenvalue weighted by Gasteiger charge is -2.58. The van der Waals surface area contributed by atoms with Crippen molar-refractivity contribution in [1.29, 1.82) is 0 Å². The van der Waals surface area contributed by atoms with Gasteiger partial charge < -0.3 is 10.8 Å². The summed E-state index contributed by atoms with van der Waals surface area (Å²) in [5.74, 6) is 2.24. The Morgan fingerprint density at radius 2 is 1.83 bits per heavy atom. The van der Waals surface area contributed by atoms with Gasteiger partial charge in [-0.3, -0.25) is 14.7 Å². The maximum atomic E-state index is 11.6. The largest absolute Gasteiger partial charge is 0.395 e. The first-order chi connectivity index (χ1) is 13.4. The molecule has 1 heterocycles. The lowest BCUT2D eigenvalue weighted by molar-refractivity contribution is -0.0744. The van der Waals surface area contributed by atoms with Gasteiger partial charge in [-0.25, -0.2) is 0 Å². The molecule has 4 bridgehead atoms. The van der Waals surface area contributed by atoms with Crippen molar-refractivity contribution in [1.82, 2.24) is 9.88 Å². The number of rotatable bonds is 8. The van der Waals surface area contributed by atoms with Gasteiger partial charge in [0.15, 0.2) is 0 Å². The van der Waals surface area contributed by atoms with Crippen LogP contribution in [0.2, 0.25) is 0 Å². The SMILES string of the molecule is CC(c1cc(C(N)=O)ccn1)N(CC(Cl)CO)CC12CC3CC(CC(C3)C1)C2.Cl.Cl. The van der Waals surface area contributed by atoms with E-state index in [0.717, 1.165) is 30.0 Å². The van der Waals surface area contributed by atoms with Crippen molar-refractivity contribution in [3.63, 3.8) is 0 Å². The van der Waals surface area contributed by atoms with Crippen molar-refractivity contribution in [2.45, 2.75) is 56.9 Å². The molecular formula is C22H34Cl3N3O2. The van der Waals surface area contributed by atoms with Gasteiger partial charge in [0.25, 0.3) is 0 Å². The lowest BCUT2D eigenvalue weighted by Crippen LogP contribution is -2.52. The molecule has 4 aliphatic carbocycles. The zero-order chi connectivity index (χ0) is 19.9. The van der Waals surface area contributed by atoms with Crippen LogP contribution in [0.1, 0.15) is 67.5 Å². The predicted molar refractivity (Wildman–Crippen MR) is 125 cm³/mol. The fourth-order valence-corrected chi connectivity index (χ4v) is 6.78. The van der Waals surface area contributed by atoms with E-state index in [1.165, 1.54) is 38.5 Å². The van der Waals surface area contributed by atoms with E-state index in [1.54, 1.807) is 18.3 Å². The zero-order valence-electron chi connectivity index (χ0n) is 17.5. The van der Waals surface area contributed by atoms with Gasteiger partial charge in [0, 0.05) is 30.9 Å². The fourth-order valence-electron chi connectivity index (χ4n) is 6.60. The molecule has 0 aliphatic heterocycles. The van der Waals surface area contributed by atoms with Crippen LogP contribution in [0.4, 0.5) is 0 Å². The number of nitrogens with zero attached hydrogens (tertiary/aromatic N) is 2. The summed E-state index contributed by atoms with van der Waals surface area (Å²) in [5.41, 5.74) is 7.15. The number of hydrogen-bond acceptors (Lipinski definition) is 4. The molecule has 4 saturated carbocycles. The Labute approximate surface area is 197 Å². The minimum absolute atomic E-state index is 0. The van der Waals surface area contributed by atoms with Crippen LogP contribution in [0.5, 0.6) is 0 Å². The van der Waals surface area contributed by atoms with Crippen LogP contribution in [-0.4, -0.2) is 46.0 Å². The third kappa shape index (κ3) is 5.42. The van der Waals surface area contributed by atoms with Crippen LogP contribution in [-0.2, 0) is 0 Å². The molecule has 3 N–H and O–H groups in total. The highest BCUT2D eigenvalue weighted by molar-refractivity contribution is 6.20. The van der Waals surface area contributed by atoms with E-state index in [0.29, 0.717) is 17.5 Å². The number of carbonyl (C=O) groups excluding carboxylic acids is 1. The Bertz CT molecular complexity index is 698. The fraction of sp³-hybridized carbons (Fsp3) is 0.727. The zero-order valence-corrected chi connectivity index (χ0v) is 19.9. The first kappa shape index (κ1) is 25.7. The number of halogens is 3. The van der Waals surface area contributed by atoms with Crippen molar-refractivity contribution >= 4 is 42.3 Å².